The van der Waals surface area contributed by atoms with Crippen molar-refractivity contribution in [1.82, 2.24) is 4.98 Å². The second-order valence-electron chi connectivity index (χ2n) is 3.03. The van der Waals surface area contributed by atoms with Crippen LogP contribution >= 0.6 is 0 Å². The van der Waals surface area contributed by atoms with E-state index in [1.807, 2.05) is 6.07 Å². The lowest BCUT2D eigenvalue weighted by atomic mass is 9.99. The smallest absolute Gasteiger partial charge is 0.329 e. The minimum absolute atomic E-state index is 0.153. The number of carbonyl (C=O) groups is 1. The van der Waals surface area contributed by atoms with Crippen molar-refractivity contribution >= 4 is 5.97 Å². The van der Waals surface area contributed by atoms with Gasteiger partial charge in [0.15, 0.2) is 5.54 Å². The average molecular weight is 191 g/mol. The van der Waals surface area contributed by atoms with Gasteiger partial charge in [-0.3, -0.25) is 0 Å². The first-order valence-electron chi connectivity index (χ1n) is 3.88. The topological polar surface area (TPSA) is 100 Å². The van der Waals surface area contributed by atoms with Gasteiger partial charge in [0.2, 0.25) is 0 Å². The van der Waals surface area contributed by atoms with E-state index >= 15 is 0 Å². The molecule has 0 amide bonds. The van der Waals surface area contributed by atoms with Crippen LogP contribution in [0.4, 0.5) is 0 Å². The molecule has 0 aliphatic rings. The third-order valence-corrected chi connectivity index (χ3v) is 1.84. The largest absolute Gasteiger partial charge is 0.480 e. The third-order valence-electron chi connectivity index (χ3n) is 1.84. The van der Waals surface area contributed by atoms with Crippen LogP contribution in [-0.4, -0.2) is 16.1 Å². The number of nitrogens with two attached hydrogens (primary N) is 1. The molecular weight excluding hydrogens is 182 g/mol. The molecule has 0 bridgehead atoms. The van der Waals surface area contributed by atoms with Crippen molar-refractivity contribution in [2.24, 2.45) is 5.73 Å². The number of aromatic nitrogens is 1. The molecule has 1 rings (SSSR count). The molecule has 3 N–H and O–H groups in total. The van der Waals surface area contributed by atoms with E-state index in [4.69, 9.17) is 16.1 Å². The molecule has 0 spiro atoms. The van der Waals surface area contributed by atoms with Gasteiger partial charge in [-0.05, 0) is 19.1 Å². The first-order valence-corrected chi connectivity index (χ1v) is 3.88. The van der Waals surface area contributed by atoms with Crippen molar-refractivity contribution in [3.63, 3.8) is 0 Å². The van der Waals surface area contributed by atoms with Crippen LogP contribution in [-0.2, 0) is 10.3 Å². The van der Waals surface area contributed by atoms with Crippen LogP contribution < -0.4 is 5.73 Å². The normalized spacial score (nSPS) is 14.1. The second kappa shape index (κ2) is 3.44. The Balaban J connectivity index is 3.21. The lowest BCUT2D eigenvalue weighted by Gasteiger charge is -2.17. The lowest BCUT2D eigenvalue weighted by Crippen LogP contribution is -2.42. The van der Waals surface area contributed by atoms with E-state index in [1.54, 1.807) is 6.07 Å². The molecule has 0 saturated carbocycles. The van der Waals surface area contributed by atoms with Crippen LogP contribution in [0.15, 0.2) is 18.2 Å². The van der Waals surface area contributed by atoms with Crippen LogP contribution in [0.1, 0.15) is 18.3 Å². The number of rotatable bonds is 2. The quantitative estimate of drug-likeness (QED) is 0.696. The highest BCUT2D eigenvalue weighted by Gasteiger charge is 2.31. The number of aliphatic carboxylic acids is 1. The van der Waals surface area contributed by atoms with Crippen LogP contribution in [0.2, 0.25) is 0 Å². The van der Waals surface area contributed by atoms with Crippen molar-refractivity contribution in [3.8, 4) is 6.07 Å². The SMILES string of the molecule is C[C@@](N)(C(=O)O)c1cccc(C#N)n1. The number of pyridine rings is 1. The van der Waals surface area contributed by atoms with E-state index in [2.05, 4.69) is 4.98 Å². The lowest BCUT2D eigenvalue weighted by molar-refractivity contribution is -0.143. The molecule has 0 saturated heterocycles. The Bertz CT molecular complexity index is 407. The zero-order chi connectivity index (χ0) is 10.8. The summed E-state index contributed by atoms with van der Waals surface area (Å²) >= 11 is 0. The highest BCUT2D eigenvalue weighted by atomic mass is 16.4. The van der Waals surface area contributed by atoms with Gasteiger partial charge in [0.1, 0.15) is 11.8 Å². The minimum Gasteiger partial charge on any atom is -0.480 e. The van der Waals surface area contributed by atoms with Crippen LogP contribution in [0.5, 0.6) is 0 Å². The fraction of sp³-hybridized carbons (Fsp3) is 0.222. The predicted molar refractivity (Wildman–Crippen MR) is 48.1 cm³/mol. The Labute approximate surface area is 80.8 Å². The Morgan fingerprint density at radius 2 is 2.36 bits per heavy atom. The summed E-state index contributed by atoms with van der Waals surface area (Å²) in [5, 5.41) is 17.4. The molecule has 1 aromatic heterocycles. The zero-order valence-corrected chi connectivity index (χ0v) is 7.56. The maximum atomic E-state index is 10.8. The molecule has 0 unspecified atom stereocenters. The third kappa shape index (κ3) is 1.70. The fourth-order valence-electron chi connectivity index (χ4n) is 0.896. The molecule has 14 heavy (non-hydrogen) atoms. The average Bonchev–Trinajstić information content (AvgIpc) is 2.17. The zero-order valence-electron chi connectivity index (χ0n) is 7.56. The van der Waals surface area contributed by atoms with Gasteiger partial charge in [-0.25, -0.2) is 9.78 Å². The summed E-state index contributed by atoms with van der Waals surface area (Å²) in [6.45, 7) is 1.33. The van der Waals surface area contributed by atoms with Gasteiger partial charge in [0.05, 0.1) is 5.69 Å². The summed E-state index contributed by atoms with van der Waals surface area (Å²) in [5.74, 6) is -1.18. The number of nitriles is 1. The van der Waals surface area contributed by atoms with E-state index in [9.17, 15) is 4.79 Å². The highest BCUT2D eigenvalue weighted by Crippen LogP contribution is 2.15. The molecule has 5 heteroatoms. The molecule has 0 aromatic carbocycles. The number of hydrogen-bond acceptors (Lipinski definition) is 4. The van der Waals surface area contributed by atoms with Gasteiger partial charge in [0, 0.05) is 0 Å². The number of carboxylic acids is 1. The highest BCUT2D eigenvalue weighted by molar-refractivity contribution is 5.79. The summed E-state index contributed by atoms with van der Waals surface area (Å²) in [4.78, 5) is 14.6. The Hall–Kier alpha value is -1.93. The standard InChI is InChI=1S/C9H9N3O2/c1-9(11,8(13)14)7-4-2-3-6(5-10)12-7/h2-4H,11H2,1H3,(H,13,14)/t9-/m0/s1. The van der Waals surface area contributed by atoms with Crippen molar-refractivity contribution in [3.05, 3.63) is 29.6 Å². The minimum atomic E-state index is -1.56. The summed E-state index contributed by atoms with van der Waals surface area (Å²) in [7, 11) is 0. The van der Waals surface area contributed by atoms with E-state index in [-0.39, 0.29) is 11.4 Å². The van der Waals surface area contributed by atoms with E-state index in [0.717, 1.165) is 0 Å². The van der Waals surface area contributed by atoms with Crippen molar-refractivity contribution in [2.75, 3.05) is 0 Å². The summed E-state index contributed by atoms with van der Waals surface area (Å²) in [5.41, 5.74) is 4.29. The summed E-state index contributed by atoms with van der Waals surface area (Å²) < 4.78 is 0. The van der Waals surface area contributed by atoms with E-state index in [1.165, 1.54) is 19.1 Å². The second-order valence-corrected chi connectivity index (χ2v) is 3.03. The van der Waals surface area contributed by atoms with E-state index < -0.39 is 11.5 Å². The molecular formula is C9H9N3O2. The van der Waals surface area contributed by atoms with Gasteiger partial charge >= 0.3 is 5.97 Å². The predicted octanol–water partition coefficient (Wildman–Crippen LogP) is 0.212. The molecule has 1 aromatic rings. The number of hydrogen-bond donors (Lipinski definition) is 2. The Morgan fingerprint density at radius 3 is 2.86 bits per heavy atom. The summed E-state index contributed by atoms with van der Waals surface area (Å²) in [6.07, 6.45) is 0. The molecule has 5 nitrogen and oxygen atoms in total. The molecule has 0 radical (unpaired) electrons. The fourth-order valence-corrected chi connectivity index (χ4v) is 0.896. The van der Waals surface area contributed by atoms with Gasteiger partial charge in [-0.2, -0.15) is 5.26 Å². The monoisotopic (exact) mass is 191 g/mol. The van der Waals surface area contributed by atoms with Crippen molar-refractivity contribution in [2.45, 2.75) is 12.5 Å². The van der Waals surface area contributed by atoms with Crippen LogP contribution in [0.3, 0.4) is 0 Å². The number of nitrogens with zero attached hydrogens (tertiary/aromatic N) is 2. The molecule has 1 atom stereocenters. The molecule has 0 fully saturated rings. The first-order chi connectivity index (χ1) is 6.48. The van der Waals surface area contributed by atoms with Crippen molar-refractivity contribution < 1.29 is 9.90 Å². The Kier molecular flexibility index (Phi) is 2.49. The van der Waals surface area contributed by atoms with Gasteiger partial charge in [-0.15, -0.1) is 0 Å². The molecule has 72 valence electrons. The van der Waals surface area contributed by atoms with Crippen molar-refractivity contribution in [1.29, 1.82) is 5.26 Å². The Morgan fingerprint density at radius 1 is 1.71 bits per heavy atom. The van der Waals surface area contributed by atoms with Gasteiger partial charge in [-0.1, -0.05) is 6.07 Å². The van der Waals surface area contributed by atoms with E-state index in [0.29, 0.717) is 0 Å². The summed E-state index contributed by atoms with van der Waals surface area (Å²) in [6, 6.07) is 6.34. The molecule has 1 heterocycles. The first kappa shape index (κ1) is 10.2. The molecule has 0 aliphatic carbocycles. The maximum Gasteiger partial charge on any atom is 0.329 e. The maximum absolute atomic E-state index is 10.8. The van der Waals surface area contributed by atoms with Gasteiger partial charge in [0.25, 0.3) is 0 Å². The van der Waals surface area contributed by atoms with Crippen LogP contribution in [0.25, 0.3) is 0 Å². The number of carboxylic acid groups (broad SMARTS) is 1. The molecule has 0 aliphatic heterocycles. The van der Waals surface area contributed by atoms with Gasteiger partial charge < -0.3 is 10.8 Å². The van der Waals surface area contributed by atoms with Crippen LogP contribution in [0, 0.1) is 11.3 Å².